The molecule has 2 saturated carbocycles. The molecule has 2 aliphatic carbocycles. The fourth-order valence-electron chi connectivity index (χ4n) is 7.71. The molecular formula is C32H74ClN3O6. The van der Waals surface area contributed by atoms with Gasteiger partial charge in [0.1, 0.15) is 0 Å². The highest BCUT2D eigenvalue weighted by Crippen LogP contribution is 2.45. The highest BCUT2D eigenvalue weighted by Gasteiger charge is 2.41. The molecule has 1 heterocycles. The van der Waals surface area contributed by atoms with Crippen LogP contribution >= 0.6 is 11.6 Å². The summed E-state index contributed by atoms with van der Waals surface area (Å²) < 4.78 is 0. The van der Waals surface area contributed by atoms with E-state index in [0.717, 1.165) is 36.8 Å². The minimum absolute atomic E-state index is 0. The lowest BCUT2D eigenvalue weighted by Crippen LogP contribution is -2.53. The quantitative estimate of drug-likeness (QED) is 0.278. The number of likely N-dealkylation sites (tertiary alicyclic amines) is 1. The number of aliphatic hydroxyl groups is 1. The van der Waals surface area contributed by atoms with Gasteiger partial charge in [0.25, 0.3) is 0 Å². The van der Waals surface area contributed by atoms with Crippen molar-refractivity contribution in [2.45, 2.75) is 124 Å². The fourth-order valence-corrected chi connectivity index (χ4v) is 7.96. The zero-order valence-electron chi connectivity index (χ0n) is 27.1. The van der Waals surface area contributed by atoms with Crippen molar-refractivity contribution in [1.82, 2.24) is 15.5 Å². The molecule has 3 unspecified atom stereocenters. The van der Waals surface area contributed by atoms with Gasteiger partial charge in [-0.1, -0.05) is 55.4 Å². The zero-order chi connectivity index (χ0) is 26.3. The average Bonchev–Trinajstić information content (AvgIpc) is 2.82. The van der Waals surface area contributed by atoms with Gasteiger partial charge < -0.3 is 48.0 Å². The second-order valence-electron chi connectivity index (χ2n) is 14.2. The third-order valence-electron chi connectivity index (χ3n) is 10.2. The number of nitrogens with zero attached hydrogens (tertiary/aromatic N) is 1. The minimum atomic E-state index is 0. The highest BCUT2D eigenvalue weighted by molar-refractivity contribution is 6.20. The van der Waals surface area contributed by atoms with Gasteiger partial charge in [0.15, 0.2) is 0 Å². The number of nitrogens with one attached hydrogen (secondary N) is 2. The normalized spacial score (nSPS) is 28.9. The van der Waals surface area contributed by atoms with Crippen LogP contribution < -0.4 is 10.6 Å². The molecule has 9 nitrogen and oxygen atoms in total. The molecule has 0 bridgehead atoms. The summed E-state index contributed by atoms with van der Waals surface area (Å²) in [6, 6.07) is 0.805. The van der Waals surface area contributed by atoms with Gasteiger partial charge in [-0.05, 0) is 112 Å². The van der Waals surface area contributed by atoms with Crippen LogP contribution in [-0.4, -0.2) is 94.2 Å². The Morgan fingerprint density at radius 2 is 1.29 bits per heavy atom. The molecule has 42 heavy (non-hydrogen) atoms. The van der Waals surface area contributed by atoms with Crippen LogP contribution in [-0.2, 0) is 0 Å². The highest BCUT2D eigenvalue weighted by atomic mass is 35.5. The van der Waals surface area contributed by atoms with Crippen molar-refractivity contribution < 1.29 is 32.5 Å². The second-order valence-corrected chi connectivity index (χ2v) is 14.8. The van der Waals surface area contributed by atoms with E-state index in [9.17, 15) is 5.11 Å². The Morgan fingerprint density at radius 1 is 0.786 bits per heavy atom. The molecule has 260 valence electrons. The first-order valence-electron chi connectivity index (χ1n) is 15.5. The van der Waals surface area contributed by atoms with Crippen LogP contribution in [0.3, 0.4) is 0 Å². The number of halogens is 1. The van der Waals surface area contributed by atoms with E-state index in [2.05, 4.69) is 57.1 Å². The number of alkyl halides is 1. The summed E-state index contributed by atoms with van der Waals surface area (Å²) in [4.78, 5) is 2.77. The molecule has 1 aliphatic heterocycles. The van der Waals surface area contributed by atoms with E-state index in [1.165, 1.54) is 77.4 Å². The lowest BCUT2D eigenvalue weighted by Gasteiger charge is -2.49. The summed E-state index contributed by atoms with van der Waals surface area (Å²) in [6.07, 6.45) is 11.9. The number of hydrogen-bond donors (Lipinski definition) is 3. The molecule has 0 aromatic rings. The number of aliphatic hydroxyl groups excluding tert-OH is 1. The van der Waals surface area contributed by atoms with E-state index in [0.29, 0.717) is 28.7 Å². The van der Waals surface area contributed by atoms with E-state index in [1.54, 1.807) is 0 Å². The lowest BCUT2D eigenvalue weighted by atomic mass is 9.64. The summed E-state index contributed by atoms with van der Waals surface area (Å²) in [7, 11) is 0. The Kier molecular flexibility index (Phi) is 27.1. The predicted octanol–water partition coefficient (Wildman–Crippen LogP) is 2.67. The minimum Gasteiger partial charge on any atom is -0.412 e. The van der Waals surface area contributed by atoms with E-state index in [1.807, 2.05) is 0 Å². The summed E-state index contributed by atoms with van der Waals surface area (Å²) in [6.45, 7) is 20.4. The number of hydrogen-bond acceptors (Lipinski definition) is 4. The summed E-state index contributed by atoms with van der Waals surface area (Å²) in [5, 5.41) is 17.8. The van der Waals surface area contributed by atoms with Gasteiger partial charge in [0.2, 0.25) is 0 Å². The molecule has 13 N–H and O–H groups in total. The van der Waals surface area contributed by atoms with Crippen molar-refractivity contribution in [2.75, 3.05) is 39.3 Å². The Morgan fingerprint density at radius 3 is 1.74 bits per heavy atom. The summed E-state index contributed by atoms with van der Waals surface area (Å²) in [5.74, 6) is 4.43. The maximum atomic E-state index is 9.65. The van der Waals surface area contributed by atoms with Crippen molar-refractivity contribution in [3.05, 3.63) is 0 Å². The Balaban J connectivity index is -0.00000120. The van der Waals surface area contributed by atoms with Crippen molar-refractivity contribution in [1.29, 1.82) is 0 Å². The van der Waals surface area contributed by atoms with E-state index < -0.39 is 0 Å². The summed E-state index contributed by atoms with van der Waals surface area (Å²) >= 11 is 6.41. The monoisotopic (exact) mass is 632 g/mol. The van der Waals surface area contributed by atoms with Gasteiger partial charge in [-0.25, -0.2) is 0 Å². The smallest absolute Gasteiger partial charge is 0.0587 e. The molecule has 0 amide bonds. The Bertz CT molecular complexity index is 637. The van der Waals surface area contributed by atoms with Crippen LogP contribution in [0.15, 0.2) is 0 Å². The topological polar surface area (TPSA) is 205 Å². The zero-order valence-corrected chi connectivity index (χ0v) is 27.8. The van der Waals surface area contributed by atoms with Crippen LogP contribution in [0.1, 0.15) is 107 Å². The fraction of sp³-hybridized carbons (Fsp3) is 1.00. The van der Waals surface area contributed by atoms with E-state index >= 15 is 0 Å². The largest absolute Gasteiger partial charge is 0.412 e. The van der Waals surface area contributed by atoms with E-state index in [-0.39, 0.29) is 47.5 Å². The lowest BCUT2D eigenvalue weighted by molar-refractivity contribution is 0.00453. The average molecular weight is 632 g/mol. The third kappa shape index (κ3) is 14.8. The number of rotatable bonds is 12. The molecule has 3 fully saturated rings. The van der Waals surface area contributed by atoms with Crippen molar-refractivity contribution in [2.24, 2.45) is 40.9 Å². The van der Waals surface area contributed by atoms with Gasteiger partial charge in [0.05, 0.1) is 6.61 Å². The van der Waals surface area contributed by atoms with Crippen molar-refractivity contribution >= 4 is 11.6 Å². The van der Waals surface area contributed by atoms with Crippen LogP contribution in [0.2, 0.25) is 0 Å². The first kappa shape index (κ1) is 48.8. The van der Waals surface area contributed by atoms with Crippen LogP contribution in [0.5, 0.6) is 0 Å². The van der Waals surface area contributed by atoms with Crippen LogP contribution in [0.4, 0.5) is 0 Å². The summed E-state index contributed by atoms with van der Waals surface area (Å²) in [5.41, 5.74) is 0.398. The van der Waals surface area contributed by atoms with E-state index in [4.69, 9.17) is 11.6 Å². The molecule has 3 aliphatic rings. The molecule has 5 atom stereocenters. The van der Waals surface area contributed by atoms with Crippen molar-refractivity contribution in [3.63, 3.8) is 0 Å². The van der Waals surface area contributed by atoms with Crippen LogP contribution in [0.25, 0.3) is 0 Å². The maximum Gasteiger partial charge on any atom is 0.0587 e. The molecule has 0 aromatic heterocycles. The number of piperidine rings is 1. The standard InChI is InChI=1S/C31H60ClN3O.CH4.5H2O/c1-22(2)29(33-17-24-8-7-9-25(16-24)18-34-30(20-36)23(3)4)19-35-15-14-28(31(5,6)21-35)26-10-12-27(32)13-11-26;;;;;;/h22-30,33-34,36H,7-21H2,1-6H3;1H4;5*1H2/t24?,25?,26?,27?,28?,29-,30+;;;;;;/m0....../s1. The molecule has 1 saturated heterocycles. The van der Waals surface area contributed by atoms with Gasteiger partial charge in [-0.2, -0.15) is 0 Å². The third-order valence-corrected chi connectivity index (χ3v) is 10.6. The molecule has 0 aromatic carbocycles. The Labute approximate surface area is 263 Å². The first-order valence-corrected chi connectivity index (χ1v) is 16.0. The molecular weight excluding hydrogens is 558 g/mol. The Hall–Kier alpha value is -0.0700. The first-order chi connectivity index (χ1) is 17.1. The van der Waals surface area contributed by atoms with Gasteiger partial charge in [0, 0.05) is 30.6 Å². The van der Waals surface area contributed by atoms with Gasteiger partial charge in [-0.3, -0.25) is 0 Å². The van der Waals surface area contributed by atoms with Gasteiger partial charge >= 0.3 is 0 Å². The van der Waals surface area contributed by atoms with Crippen molar-refractivity contribution in [3.8, 4) is 0 Å². The maximum absolute atomic E-state index is 9.65. The van der Waals surface area contributed by atoms with Gasteiger partial charge in [-0.15, -0.1) is 11.6 Å². The molecule has 0 spiro atoms. The predicted molar refractivity (Wildman–Crippen MR) is 181 cm³/mol. The molecule has 10 heteroatoms. The second kappa shape index (κ2) is 23.3. The molecule has 3 rings (SSSR count). The SMILES string of the molecule is C.CC(C)[C@H](CN1CCC(C2CCC(Cl)CC2)C(C)(C)C1)NCC1CCCC(CN[C@H](CO)C(C)C)C1.O.O.O.O.O. The van der Waals surface area contributed by atoms with Crippen LogP contribution in [0, 0.1) is 40.9 Å². The molecule has 0 radical (unpaired) electrons.